The van der Waals surface area contributed by atoms with Crippen LogP contribution in [-0.2, 0) is 11.2 Å². The number of aromatic hydroxyl groups is 1. The summed E-state index contributed by atoms with van der Waals surface area (Å²) < 4.78 is 0. The Morgan fingerprint density at radius 2 is 2.21 bits per heavy atom. The quantitative estimate of drug-likeness (QED) is 0.720. The van der Waals surface area contributed by atoms with Gasteiger partial charge in [-0.1, -0.05) is 19.1 Å². The number of hydrogen-bond donors (Lipinski definition) is 2. The van der Waals surface area contributed by atoms with Crippen LogP contribution in [0, 0.1) is 0 Å². The van der Waals surface area contributed by atoms with Crippen molar-refractivity contribution in [3.05, 3.63) is 35.4 Å². The van der Waals surface area contributed by atoms with Crippen LogP contribution in [0.2, 0.25) is 0 Å². The minimum absolute atomic E-state index is 0.208. The summed E-state index contributed by atoms with van der Waals surface area (Å²) in [7, 11) is 0. The van der Waals surface area contributed by atoms with Crippen LogP contribution in [0.25, 0.3) is 6.08 Å². The van der Waals surface area contributed by atoms with Gasteiger partial charge in [0.25, 0.3) is 0 Å². The van der Waals surface area contributed by atoms with Crippen LogP contribution in [0.5, 0.6) is 5.75 Å². The van der Waals surface area contributed by atoms with E-state index in [1.165, 1.54) is 6.08 Å². The van der Waals surface area contributed by atoms with E-state index in [2.05, 4.69) is 0 Å². The van der Waals surface area contributed by atoms with Gasteiger partial charge < -0.3 is 10.2 Å². The third-order valence-electron chi connectivity index (χ3n) is 1.95. The van der Waals surface area contributed by atoms with Crippen molar-refractivity contribution in [3.63, 3.8) is 0 Å². The number of carboxylic acid groups (broad SMARTS) is 1. The maximum absolute atomic E-state index is 10.3. The zero-order chi connectivity index (χ0) is 10.6. The molecule has 0 saturated heterocycles. The van der Waals surface area contributed by atoms with E-state index < -0.39 is 5.97 Å². The van der Waals surface area contributed by atoms with E-state index >= 15 is 0 Å². The van der Waals surface area contributed by atoms with E-state index in [0.717, 1.165) is 17.2 Å². The number of benzene rings is 1. The van der Waals surface area contributed by atoms with Crippen LogP contribution in [0.1, 0.15) is 18.1 Å². The highest BCUT2D eigenvalue weighted by Crippen LogP contribution is 2.22. The maximum atomic E-state index is 10.3. The summed E-state index contributed by atoms with van der Waals surface area (Å²) in [5.74, 6) is -0.782. The van der Waals surface area contributed by atoms with Gasteiger partial charge in [0.1, 0.15) is 5.75 Å². The summed E-state index contributed by atoms with van der Waals surface area (Å²) in [6.07, 6.45) is 3.22. The third-order valence-corrected chi connectivity index (χ3v) is 1.95. The molecule has 0 atom stereocenters. The first-order chi connectivity index (χ1) is 6.65. The van der Waals surface area contributed by atoms with Gasteiger partial charge in [-0.25, -0.2) is 4.79 Å². The second kappa shape index (κ2) is 4.46. The number of aliphatic carboxylic acids is 1. The fourth-order valence-corrected chi connectivity index (χ4v) is 1.29. The molecule has 3 heteroatoms. The Morgan fingerprint density at radius 1 is 1.50 bits per heavy atom. The highest BCUT2D eigenvalue weighted by Gasteiger charge is 2.02. The Labute approximate surface area is 82.3 Å². The molecule has 0 bridgehead atoms. The van der Waals surface area contributed by atoms with Gasteiger partial charge in [-0.2, -0.15) is 0 Å². The summed E-state index contributed by atoms with van der Waals surface area (Å²) in [4.78, 5) is 10.3. The molecule has 14 heavy (non-hydrogen) atoms. The van der Waals surface area contributed by atoms with Crippen LogP contribution in [0.15, 0.2) is 24.3 Å². The van der Waals surface area contributed by atoms with Crippen LogP contribution < -0.4 is 0 Å². The predicted molar refractivity (Wildman–Crippen MR) is 54.2 cm³/mol. The first-order valence-corrected chi connectivity index (χ1v) is 4.37. The summed E-state index contributed by atoms with van der Waals surface area (Å²) in [6.45, 7) is 1.91. The molecule has 1 aromatic rings. The molecule has 0 unspecified atom stereocenters. The van der Waals surface area contributed by atoms with E-state index in [4.69, 9.17) is 5.11 Å². The molecule has 1 aromatic carbocycles. The van der Waals surface area contributed by atoms with Gasteiger partial charge in [-0.05, 0) is 24.1 Å². The van der Waals surface area contributed by atoms with Crippen LogP contribution in [0.3, 0.4) is 0 Å². The Kier molecular flexibility index (Phi) is 3.29. The first kappa shape index (κ1) is 10.3. The van der Waals surface area contributed by atoms with Crippen molar-refractivity contribution < 1.29 is 15.0 Å². The molecule has 0 aliphatic carbocycles. The summed E-state index contributed by atoms with van der Waals surface area (Å²) >= 11 is 0. The molecular weight excluding hydrogens is 180 g/mol. The van der Waals surface area contributed by atoms with Gasteiger partial charge >= 0.3 is 5.97 Å². The standard InChI is InChI=1S/C11H12O3/c1-2-9-8(6-7-11(13)14)4-3-5-10(9)12/h3-7,12H,2H2,1H3,(H,13,14)/b7-6+. The largest absolute Gasteiger partial charge is 0.508 e. The van der Waals surface area contributed by atoms with Gasteiger partial charge in [0.15, 0.2) is 0 Å². The minimum atomic E-state index is -0.990. The van der Waals surface area contributed by atoms with Gasteiger partial charge in [-0.15, -0.1) is 0 Å². The molecule has 0 fully saturated rings. The summed E-state index contributed by atoms with van der Waals surface area (Å²) in [5.41, 5.74) is 1.51. The monoisotopic (exact) mass is 192 g/mol. The number of carbonyl (C=O) groups is 1. The predicted octanol–water partition coefficient (Wildman–Crippen LogP) is 2.05. The molecule has 0 radical (unpaired) electrons. The van der Waals surface area contributed by atoms with Gasteiger partial charge in [0.05, 0.1) is 0 Å². The van der Waals surface area contributed by atoms with E-state index in [9.17, 15) is 9.90 Å². The molecule has 0 spiro atoms. The second-order valence-electron chi connectivity index (χ2n) is 2.87. The number of phenols is 1. The lowest BCUT2D eigenvalue weighted by Gasteiger charge is -2.04. The molecule has 1 rings (SSSR count). The molecule has 0 aliphatic heterocycles. The fourth-order valence-electron chi connectivity index (χ4n) is 1.29. The lowest BCUT2D eigenvalue weighted by atomic mass is 10.0. The van der Waals surface area contributed by atoms with E-state index in [1.54, 1.807) is 18.2 Å². The Hall–Kier alpha value is -1.77. The molecule has 74 valence electrons. The minimum Gasteiger partial charge on any atom is -0.508 e. The molecule has 3 nitrogen and oxygen atoms in total. The molecular formula is C11H12O3. The third kappa shape index (κ3) is 2.36. The zero-order valence-electron chi connectivity index (χ0n) is 7.90. The smallest absolute Gasteiger partial charge is 0.328 e. The number of hydrogen-bond acceptors (Lipinski definition) is 2. The van der Waals surface area contributed by atoms with Crippen molar-refractivity contribution in [1.29, 1.82) is 0 Å². The number of rotatable bonds is 3. The molecule has 0 aliphatic rings. The number of carboxylic acids is 1. The summed E-state index contributed by atoms with van der Waals surface area (Å²) in [6, 6.07) is 5.06. The summed E-state index contributed by atoms with van der Waals surface area (Å²) in [5, 5.41) is 17.9. The Bertz CT molecular complexity index is 367. The lowest BCUT2D eigenvalue weighted by molar-refractivity contribution is -0.131. The van der Waals surface area contributed by atoms with Crippen molar-refractivity contribution in [2.24, 2.45) is 0 Å². The molecule has 0 amide bonds. The Balaban J connectivity index is 3.08. The fraction of sp³-hybridized carbons (Fsp3) is 0.182. The zero-order valence-corrected chi connectivity index (χ0v) is 7.90. The van der Waals surface area contributed by atoms with Gasteiger partial charge in [0, 0.05) is 11.6 Å². The normalized spacial score (nSPS) is 10.6. The van der Waals surface area contributed by atoms with Gasteiger partial charge in [-0.3, -0.25) is 0 Å². The van der Waals surface area contributed by atoms with E-state index in [1.807, 2.05) is 6.92 Å². The van der Waals surface area contributed by atoms with Crippen LogP contribution >= 0.6 is 0 Å². The Morgan fingerprint density at radius 3 is 2.79 bits per heavy atom. The first-order valence-electron chi connectivity index (χ1n) is 4.37. The van der Waals surface area contributed by atoms with E-state index in [0.29, 0.717) is 6.42 Å². The SMILES string of the molecule is CCc1c(O)cccc1/C=C/C(=O)O. The average molecular weight is 192 g/mol. The lowest BCUT2D eigenvalue weighted by Crippen LogP contribution is -1.89. The van der Waals surface area contributed by atoms with Crippen LogP contribution in [-0.4, -0.2) is 16.2 Å². The van der Waals surface area contributed by atoms with Crippen molar-refractivity contribution in [2.75, 3.05) is 0 Å². The topological polar surface area (TPSA) is 57.5 Å². The second-order valence-corrected chi connectivity index (χ2v) is 2.87. The average Bonchev–Trinajstić information content (AvgIpc) is 2.14. The van der Waals surface area contributed by atoms with Crippen molar-refractivity contribution >= 4 is 12.0 Å². The van der Waals surface area contributed by atoms with Crippen molar-refractivity contribution in [2.45, 2.75) is 13.3 Å². The molecule has 0 saturated carbocycles. The van der Waals surface area contributed by atoms with E-state index in [-0.39, 0.29) is 5.75 Å². The highest BCUT2D eigenvalue weighted by molar-refractivity contribution is 5.85. The molecule has 0 aromatic heterocycles. The molecule has 0 heterocycles. The maximum Gasteiger partial charge on any atom is 0.328 e. The van der Waals surface area contributed by atoms with Crippen molar-refractivity contribution in [1.82, 2.24) is 0 Å². The highest BCUT2D eigenvalue weighted by atomic mass is 16.4. The number of phenolic OH excluding ortho intramolecular Hbond substituents is 1. The molecule has 2 N–H and O–H groups in total. The van der Waals surface area contributed by atoms with Gasteiger partial charge in [0.2, 0.25) is 0 Å². The van der Waals surface area contributed by atoms with Crippen molar-refractivity contribution in [3.8, 4) is 5.75 Å². The van der Waals surface area contributed by atoms with Crippen LogP contribution in [0.4, 0.5) is 0 Å².